The molecular weight excluding hydrogens is 247 g/mol. The van der Waals surface area contributed by atoms with Crippen molar-refractivity contribution in [3.8, 4) is 0 Å². The molecule has 108 valence electrons. The van der Waals surface area contributed by atoms with E-state index in [1.807, 2.05) is 0 Å². The van der Waals surface area contributed by atoms with E-state index in [9.17, 15) is 13.2 Å². The Labute approximate surface area is 106 Å². The summed E-state index contributed by atoms with van der Waals surface area (Å²) in [4.78, 5) is 0. The maximum atomic E-state index is 12.6. The van der Waals surface area contributed by atoms with E-state index in [4.69, 9.17) is 9.47 Å². The van der Waals surface area contributed by atoms with Crippen LogP contribution in [0.25, 0.3) is 0 Å². The molecule has 0 radical (unpaired) electrons. The summed E-state index contributed by atoms with van der Waals surface area (Å²) in [6, 6.07) is -0.0696. The monoisotopic (exact) mass is 269 g/mol. The molecule has 6 heteroatoms. The molecule has 0 aromatic heterocycles. The molecule has 1 fully saturated rings. The van der Waals surface area contributed by atoms with Crippen LogP contribution in [0.3, 0.4) is 0 Å². The van der Waals surface area contributed by atoms with E-state index < -0.39 is 12.1 Å². The van der Waals surface area contributed by atoms with Crippen LogP contribution in [-0.4, -0.2) is 45.7 Å². The van der Waals surface area contributed by atoms with Gasteiger partial charge in [0.25, 0.3) is 0 Å². The van der Waals surface area contributed by atoms with Gasteiger partial charge in [0, 0.05) is 26.8 Å². The van der Waals surface area contributed by atoms with E-state index in [2.05, 4.69) is 5.32 Å². The predicted octanol–water partition coefficient (Wildman–Crippen LogP) is 2.36. The number of nitrogens with one attached hydrogen (secondary N) is 1. The molecule has 1 rings (SSSR count). The maximum Gasteiger partial charge on any atom is 0.391 e. The van der Waals surface area contributed by atoms with Crippen molar-refractivity contribution in [2.75, 3.05) is 27.4 Å². The Morgan fingerprint density at radius 1 is 1.28 bits per heavy atom. The van der Waals surface area contributed by atoms with Crippen LogP contribution < -0.4 is 5.32 Å². The summed E-state index contributed by atoms with van der Waals surface area (Å²) in [5, 5.41) is 3.15. The molecular formula is C12H22F3NO2. The smallest absolute Gasteiger partial charge is 0.382 e. The summed E-state index contributed by atoms with van der Waals surface area (Å²) in [6.07, 6.45) is -2.31. The fourth-order valence-corrected chi connectivity index (χ4v) is 2.37. The lowest BCUT2D eigenvalue weighted by atomic mass is 9.85. The van der Waals surface area contributed by atoms with Crippen LogP contribution >= 0.6 is 0 Å². The second-order valence-corrected chi connectivity index (χ2v) is 4.82. The highest BCUT2D eigenvalue weighted by Crippen LogP contribution is 2.37. The van der Waals surface area contributed by atoms with E-state index in [1.165, 1.54) is 0 Å². The van der Waals surface area contributed by atoms with Gasteiger partial charge in [-0.2, -0.15) is 13.2 Å². The quantitative estimate of drug-likeness (QED) is 0.803. The molecule has 0 heterocycles. The predicted molar refractivity (Wildman–Crippen MR) is 62.5 cm³/mol. The Bertz CT molecular complexity index is 236. The molecule has 1 saturated carbocycles. The first-order chi connectivity index (χ1) is 8.47. The van der Waals surface area contributed by atoms with Crippen LogP contribution in [-0.2, 0) is 9.47 Å². The molecule has 0 saturated heterocycles. The Morgan fingerprint density at radius 2 is 2.00 bits per heavy atom. The minimum atomic E-state index is -4.06. The van der Waals surface area contributed by atoms with Gasteiger partial charge >= 0.3 is 6.18 Å². The largest absolute Gasteiger partial charge is 0.391 e. The average Bonchev–Trinajstić information content (AvgIpc) is 2.34. The van der Waals surface area contributed by atoms with Gasteiger partial charge in [0.15, 0.2) is 0 Å². The van der Waals surface area contributed by atoms with Gasteiger partial charge in [0.1, 0.15) is 0 Å². The Kier molecular flexibility index (Phi) is 6.38. The zero-order valence-electron chi connectivity index (χ0n) is 10.9. The number of hydrogen-bond donors (Lipinski definition) is 1. The molecule has 1 aliphatic rings. The van der Waals surface area contributed by atoms with Crippen LogP contribution in [0, 0.1) is 5.92 Å². The number of alkyl halides is 3. The summed E-state index contributed by atoms with van der Waals surface area (Å²) >= 11 is 0. The zero-order valence-corrected chi connectivity index (χ0v) is 10.9. The first kappa shape index (κ1) is 15.7. The topological polar surface area (TPSA) is 30.5 Å². The fourth-order valence-electron chi connectivity index (χ4n) is 2.37. The average molecular weight is 269 g/mol. The minimum Gasteiger partial charge on any atom is -0.382 e. The molecule has 3 nitrogen and oxygen atoms in total. The fraction of sp³-hybridized carbons (Fsp3) is 1.00. The van der Waals surface area contributed by atoms with Crippen molar-refractivity contribution < 1.29 is 22.6 Å². The van der Waals surface area contributed by atoms with Crippen molar-refractivity contribution in [3.05, 3.63) is 0 Å². The second kappa shape index (κ2) is 7.31. The number of halogens is 3. The highest BCUT2D eigenvalue weighted by molar-refractivity contribution is 4.82. The summed E-state index contributed by atoms with van der Waals surface area (Å²) in [7, 11) is 3.15. The van der Waals surface area contributed by atoms with Gasteiger partial charge in [-0.3, -0.25) is 0 Å². The number of hydrogen-bond acceptors (Lipinski definition) is 3. The molecule has 0 amide bonds. The third-order valence-electron chi connectivity index (χ3n) is 3.46. The molecule has 1 aliphatic carbocycles. The zero-order chi connectivity index (χ0) is 13.6. The van der Waals surface area contributed by atoms with Gasteiger partial charge in [-0.15, -0.1) is 0 Å². The molecule has 18 heavy (non-hydrogen) atoms. The minimum absolute atomic E-state index is 0.0696. The molecule has 3 unspecified atom stereocenters. The molecule has 0 spiro atoms. The van der Waals surface area contributed by atoms with E-state index >= 15 is 0 Å². The van der Waals surface area contributed by atoms with Crippen molar-refractivity contribution in [1.29, 1.82) is 0 Å². The van der Waals surface area contributed by atoms with Crippen LogP contribution in [0.5, 0.6) is 0 Å². The van der Waals surface area contributed by atoms with E-state index in [0.717, 1.165) is 6.42 Å². The Balaban J connectivity index is 2.34. The number of methoxy groups -OCH3 is 2. The number of ether oxygens (including phenoxy) is 2. The first-order valence-electron chi connectivity index (χ1n) is 6.29. The third-order valence-corrected chi connectivity index (χ3v) is 3.46. The van der Waals surface area contributed by atoms with Gasteiger partial charge in [-0.1, -0.05) is 6.42 Å². The van der Waals surface area contributed by atoms with Crippen LogP contribution in [0.1, 0.15) is 25.7 Å². The Hall–Kier alpha value is -0.330. The molecule has 0 aromatic rings. The van der Waals surface area contributed by atoms with E-state index in [1.54, 1.807) is 14.2 Å². The van der Waals surface area contributed by atoms with E-state index in [0.29, 0.717) is 19.6 Å². The van der Waals surface area contributed by atoms with Crippen molar-refractivity contribution in [1.82, 2.24) is 5.32 Å². The lowest BCUT2D eigenvalue weighted by Crippen LogP contribution is -2.43. The normalized spacial score (nSPS) is 27.2. The lowest BCUT2D eigenvalue weighted by Gasteiger charge is -2.32. The summed E-state index contributed by atoms with van der Waals surface area (Å²) in [6.45, 7) is 0.971. The van der Waals surface area contributed by atoms with Crippen LogP contribution in [0.15, 0.2) is 0 Å². The van der Waals surface area contributed by atoms with Crippen molar-refractivity contribution in [2.24, 2.45) is 5.92 Å². The summed E-state index contributed by atoms with van der Waals surface area (Å²) in [5.41, 5.74) is 0. The van der Waals surface area contributed by atoms with Crippen LogP contribution in [0.4, 0.5) is 13.2 Å². The van der Waals surface area contributed by atoms with Crippen molar-refractivity contribution in [2.45, 2.75) is 44.0 Å². The van der Waals surface area contributed by atoms with Gasteiger partial charge in [-0.25, -0.2) is 0 Å². The van der Waals surface area contributed by atoms with Gasteiger partial charge in [0.05, 0.1) is 18.6 Å². The molecule has 0 bridgehead atoms. The van der Waals surface area contributed by atoms with Gasteiger partial charge in [0.2, 0.25) is 0 Å². The molecule has 3 atom stereocenters. The standard InChI is InChI=1S/C12H22F3NO2/c1-17-8-11(18-2)7-16-10-5-3-4-9(6-10)12(13,14)15/h9-11,16H,3-8H2,1-2H3. The van der Waals surface area contributed by atoms with E-state index in [-0.39, 0.29) is 25.0 Å². The summed E-state index contributed by atoms with van der Waals surface area (Å²) in [5.74, 6) is -1.16. The highest BCUT2D eigenvalue weighted by atomic mass is 19.4. The number of rotatable bonds is 6. The Morgan fingerprint density at radius 3 is 2.56 bits per heavy atom. The van der Waals surface area contributed by atoms with Gasteiger partial charge in [-0.05, 0) is 19.3 Å². The third kappa shape index (κ3) is 5.12. The molecule has 1 N–H and O–H groups in total. The molecule has 0 aromatic carbocycles. The summed E-state index contributed by atoms with van der Waals surface area (Å²) < 4.78 is 48.0. The SMILES string of the molecule is COCC(CNC1CCCC(C(F)(F)F)C1)OC. The van der Waals surface area contributed by atoms with Crippen molar-refractivity contribution >= 4 is 0 Å². The van der Waals surface area contributed by atoms with Gasteiger partial charge < -0.3 is 14.8 Å². The lowest BCUT2D eigenvalue weighted by molar-refractivity contribution is -0.183. The first-order valence-corrected chi connectivity index (χ1v) is 6.29. The van der Waals surface area contributed by atoms with Crippen molar-refractivity contribution in [3.63, 3.8) is 0 Å². The van der Waals surface area contributed by atoms with Crippen LogP contribution in [0.2, 0.25) is 0 Å². The molecule has 0 aliphatic heterocycles. The maximum absolute atomic E-state index is 12.6. The second-order valence-electron chi connectivity index (χ2n) is 4.82. The highest BCUT2D eigenvalue weighted by Gasteiger charge is 2.42.